The minimum Gasteiger partial charge on any atom is -0.465 e. The van der Waals surface area contributed by atoms with Crippen molar-refractivity contribution in [1.29, 1.82) is 0 Å². The van der Waals surface area contributed by atoms with Crippen molar-refractivity contribution in [3.05, 3.63) is 71.3 Å². The first-order valence-electron chi connectivity index (χ1n) is 7.75. The van der Waals surface area contributed by atoms with Crippen molar-refractivity contribution in [2.45, 2.75) is 12.3 Å². The lowest BCUT2D eigenvalue weighted by atomic mass is 10.1. The predicted octanol–water partition coefficient (Wildman–Crippen LogP) is 2.73. The zero-order valence-corrected chi connectivity index (χ0v) is 13.3. The van der Waals surface area contributed by atoms with Crippen molar-refractivity contribution in [2.75, 3.05) is 7.11 Å². The zero-order valence-electron chi connectivity index (χ0n) is 13.3. The van der Waals surface area contributed by atoms with Gasteiger partial charge >= 0.3 is 5.97 Å². The molecule has 5 nitrogen and oxygen atoms in total. The largest absolute Gasteiger partial charge is 0.465 e. The number of methoxy groups -OCH3 is 1. The molecule has 2 aromatic carbocycles. The quantitative estimate of drug-likeness (QED) is 0.523. The molecule has 3 rings (SSSR count). The van der Waals surface area contributed by atoms with Crippen LogP contribution < -0.4 is 5.43 Å². The summed E-state index contributed by atoms with van der Waals surface area (Å²) >= 11 is 0. The minimum atomic E-state index is -0.382. The molecular formula is C19H18N2O3. The number of benzene rings is 2. The molecule has 0 bridgehead atoms. The molecule has 1 fully saturated rings. The Bertz CT molecular complexity index is 754. The number of nitrogens with one attached hydrogen (secondary N) is 1. The number of esters is 1. The Labute approximate surface area is 140 Å². The van der Waals surface area contributed by atoms with Gasteiger partial charge in [0.15, 0.2) is 0 Å². The van der Waals surface area contributed by atoms with Crippen LogP contribution >= 0.6 is 0 Å². The molecule has 2 atom stereocenters. The molecule has 1 saturated carbocycles. The maximum Gasteiger partial charge on any atom is 0.337 e. The Balaban J connectivity index is 1.52. The highest BCUT2D eigenvalue weighted by atomic mass is 16.5. The van der Waals surface area contributed by atoms with Crippen LogP contribution in [0.2, 0.25) is 0 Å². The highest BCUT2D eigenvalue weighted by Crippen LogP contribution is 2.47. The molecule has 0 saturated heterocycles. The molecule has 0 aromatic heterocycles. The van der Waals surface area contributed by atoms with Crippen LogP contribution in [0.15, 0.2) is 59.7 Å². The first-order valence-corrected chi connectivity index (χ1v) is 7.75. The minimum absolute atomic E-state index is 0.00810. The lowest BCUT2D eigenvalue weighted by molar-refractivity contribution is -0.122. The van der Waals surface area contributed by atoms with E-state index in [0.717, 1.165) is 12.0 Å². The maximum absolute atomic E-state index is 12.1. The summed E-state index contributed by atoms with van der Waals surface area (Å²) in [4.78, 5) is 23.4. The first-order chi connectivity index (χ1) is 11.7. The van der Waals surface area contributed by atoms with Crippen molar-refractivity contribution >= 4 is 18.1 Å². The van der Waals surface area contributed by atoms with Crippen LogP contribution in [0.25, 0.3) is 0 Å². The molecule has 122 valence electrons. The van der Waals surface area contributed by atoms with Crippen molar-refractivity contribution in [3.63, 3.8) is 0 Å². The van der Waals surface area contributed by atoms with Gasteiger partial charge in [0, 0.05) is 5.92 Å². The fourth-order valence-electron chi connectivity index (χ4n) is 2.63. The normalized spacial score (nSPS) is 19.0. The molecule has 1 N–H and O–H groups in total. The van der Waals surface area contributed by atoms with Gasteiger partial charge in [-0.25, -0.2) is 10.2 Å². The van der Waals surface area contributed by atoms with Gasteiger partial charge in [0.25, 0.3) is 0 Å². The summed E-state index contributed by atoms with van der Waals surface area (Å²) in [5.74, 6) is -0.161. The lowest BCUT2D eigenvalue weighted by Gasteiger charge is -2.01. The second-order valence-corrected chi connectivity index (χ2v) is 5.71. The standard InChI is InChI=1S/C19H18N2O3/c1-24-19(23)15-9-7-13(8-10-15)12-20-21-18(22)17-11-16(17)14-5-3-2-4-6-14/h2-10,12,16-17H,11H2,1H3,(H,21,22)/b20-12-/t16-,17-/m0/s1. The van der Waals surface area contributed by atoms with Crippen molar-refractivity contribution in [2.24, 2.45) is 11.0 Å². The molecule has 0 heterocycles. The summed E-state index contributed by atoms with van der Waals surface area (Å²) < 4.78 is 4.64. The molecular weight excluding hydrogens is 304 g/mol. The van der Waals surface area contributed by atoms with E-state index in [4.69, 9.17) is 0 Å². The van der Waals surface area contributed by atoms with E-state index in [-0.39, 0.29) is 17.8 Å². The van der Waals surface area contributed by atoms with Crippen LogP contribution in [0.1, 0.15) is 33.8 Å². The Hall–Kier alpha value is -2.95. The molecule has 0 aliphatic heterocycles. The number of hydrazone groups is 1. The molecule has 1 amide bonds. The molecule has 1 aliphatic rings. The van der Waals surface area contributed by atoms with Crippen LogP contribution in [-0.4, -0.2) is 25.2 Å². The van der Waals surface area contributed by atoms with E-state index in [1.165, 1.54) is 12.7 Å². The molecule has 5 heteroatoms. The van der Waals surface area contributed by atoms with Crippen molar-refractivity contribution in [1.82, 2.24) is 5.43 Å². The fourth-order valence-corrected chi connectivity index (χ4v) is 2.63. The third kappa shape index (κ3) is 3.68. The Morgan fingerprint density at radius 3 is 2.50 bits per heavy atom. The molecule has 0 radical (unpaired) electrons. The number of carbonyl (C=O) groups is 2. The molecule has 24 heavy (non-hydrogen) atoms. The summed E-state index contributed by atoms with van der Waals surface area (Å²) in [5, 5.41) is 3.98. The van der Waals surface area contributed by atoms with E-state index >= 15 is 0 Å². The lowest BCUT2D eigenvalue weighted by Crippen LogP contribution is -2.20. The van der Waals surface area contributed by atoms with Gasteiger partial charge in [-0.1, -0.05) is 42.5 Å². The van der Waals surface area contributed by atoms with Crippen LogP contribution in [0, 0.1) is 5.92 Å². The van der Waals surface area contributed by atoms with E-state index in [1.54, 1.807) is 30.5 Å². The molecule has 2 aromatic rings. The first kappa shape index (κ1) is 15.9. The van der Waals surface area contributed by atoms with Gasteiger partial charge < -0.3 is 4.74 Å². The Morgan fingerprint density at radius 1 is 1.12 bits per heavy atom. The van der Waals surface area contributed by atoms with Gasteiger partial charge in [-0.05, 0) is 35.6 Å². The van der Waals surface area contributed by atoms with E-state index in [0.29, 0.717) is 11.5 Å². The third-order valence-electron chi connectivity index (χ3n) is 4.08. The van der Waals surface area contributed by atoms with E-state index < -0.39 is 0 Å². The third-order valence-corrected chi connectivity index (χ3v) is 4.08. The van der Waals surface area contributed by atoms with Gasteiger partial charge in [0.05, 0.1) is 18.9 Å². The SMILES string of the molecule is COC(=O)c1ccc(/C=N\NC(=O)[C@H]2C[C@H]2c2ccccc2)cc1. The van der Waals surface area contributed by atoms with Crippen LogP contribution in [0.3, 0.4) is 0 Å². The van der Waals surface area contributed by atoms with Gasteiger partial charge in [-0.15, -0.1) is 0 Å². The molecule has 0 spiro atoms. The topological polar surface area (TPSA) is 67.8 Å². The highest BCUT2D eigenvalue weighted by molar-refractivity contribution is 5.91. The molecule has 1 aliphatic carbocycles. The van der Waals surface area contributed by atoms with Crippen molar-refractivity contribution in [3.8, 4) is 0 Å². The van der Waals surface area contributed by atoms with Gasteiger partial charge in [-0.3, -0.25) is 4.79 Å². The smallest absolute Gasteiger partial charge is 0.337 e. The number of amides is 1. The van der Waals surface area contributed by atoms with Gasteiger partial charge in [-0.2, -0.15) is 5.10 Å². The number of ether oxygens (including phenoxy) is 1. The number of nitrogens with zero attached hydrogens (tertiary/aromatic N) is 1. The number of rotatable bonds is 5. The summed E-state index contributed by atoms with van der Waals surface area (Å²) in [7, 11) is 1.34. The summed E-state index contributed by atoms with van der Waals surface area (Å²) in [6.45, 7) is 0. The number of carbonyl (C=O) groups excluding carboxylic acids is 2. The van der Waals surface area contributed by atoms with E-state index in [9.17, 15) is 9.59 Å². The summed E-state index contributed by atoms with van der Waals surface area (Å²) in [6, 6.07) is 16.8. The van der Waals surface area contributed by atoms with E-state index in [1.807, 2.05) is 30.3 Å². The predicted molar refractivity (Wildman–Crippen MR) is 90.8 cm³/mol. The second-order valence-electron chi connectivity index (χ2n) is 5.71. The van der Waals surface area contributed by atoms with Crippen LogP contribution in [0.5, 0.6) is 0 Å². The van der Waals surface area contributed by atoms with Crippen LogP contribution in [-0.2, 0) is 9.53 Å². The van der Waals surface area contributed by atoms with E-state index in [2.05, 4.69) is 15.3 Å². The second kappa shape index (κ2) is 7.08. The van der Waals surface area contributed by atoms with Crippen LogP contribution in [0.4, 0.5) is 0 Å². The summed E-state index contributed by atoms with van der Waals surface area (Å²) in [6.07, 6.45) is 2.41. The van der Waals surface area contributed by atoms with Gasteiger partial charge in [0.2, 0.25) is 5.91 Å². The summed E-state index contributed by atoms with van der Waals surface area (Å²) in [5.41, 5.74) is 5.04. The highest BCUT2D eigenvalue weighted by Gasteiger charge is 2.43. The fraction of sp³-hybridized carbons (Fsp3) is 0.211. The monoisotopic (exact) mass is 322 g/mol. The Morgan fingerprint density at radius 2 is 1.83 bits per heavy atom. The van der Waals surface area contributed by atoms with Gasteiger partial charge in [0.1, 0.15) is 0 Å². The zero-order chi connectivity index (χ0) is 16.9. The Kier molecular flexibility index (Phi) is 4.70. The number of hydrogen-bond donors (Lipinski definition) is 1. The average Bonchev–Trinajstić information content (AvgIpc) is 3.43. The average molecular weight is 322 g/mol. The molecule has 0 unspecified atom stereocenters. The maximum atomic E-state index is 12.1. The van der Waals surface area contributed by atoms with Crippen molar-refractivity contribution < 1.29 is 14.3 Å². The number of hydrogen-bond acceptors (Lipinski definition) is 4.